The average Bonchev–Trinajstić information content (AvgIpc) is 3.23. The zero-order valence-electron chi connectivity index (χ0n) is 19.4. The highest BCUT2D eigenvalue weighted by atomic mass is 127. The summed E-state index contributed by atoms with van der Waals surface area (Å²) < 4.78 is 0. The molecule has 1 fully saturated rings. The van der Waals surface area contributed by atoms with E-state index < -0.39 is 0 Å². The van der Waals surface area contributed by atoms with Crippen molar-refractivity contribution in [2.75, 3.05) is 40.8 Å². The third kappa shape index (κ3) is 7.78. The fraction of sp³-hybridized carbons (Fsp3) is 0.440. The van der Waals surface area contributed by atoms with Crippen LogP contribution in [0.25, 0.3) is 0 Å². The molecule has 6 nitrogen and oxygen atoms in total. The second-order valence-electron chi connectivity index (χ2n) is 8.28. The van der Waals surface area contributed by atoms with Gasteiger partial charge in [-0.3, -0.25) is 14.7 Å². The Kier molecular flexibility index (Phi) is 11.0. The molecule has 0 aromatic heterocycles. The van der Waals surface area contributed by atoms with E-state index in [2.05, 4.69) is 56.9 Å². The van der Waals surface area contributed by atoms with Gasteiger partial charge in [0.15, 0.2) is 5.96 Å². The molecular formula is C25H36IN5O. The summed E-state index contributed by atoms with van der Waals surface area (Å²) in [6, 6.07) is 19.0. The molecule has 0 spiro atoms. The minimum absolute atomic E-state index is 0. The van der Waals surface area contributed by atoms with Gasteiger partial charge in [0.25, 0.3) is 5.91 Å². The zero-order valence-corrected chi connectivity index (χ0v) is 21.7. The van der Waals surface area contributed by atoms with E-state index >= 15 is 0 Å². The van der Waals surface area contributed by atoms with E-state index in [-0.39, 0.29) is 29.9 Å². The fourth-order valence-electron chi connectivity index (χ4n) is 4.03. The van der Waals surface area contributed by atoms with Crippen LogP contribution < -0.4 is 10.6 Å². The van der Waals surface area contributed by atoms with E-state index in [1.165, 1.54) is 18.4 Å². The quantitative estimate of drug-likeness (QED) is 0.301. The van der Waals surface area contributed by atoms with Gasteiger partial charge in [0.05, 0.1) is 0 Å². The predicted octanol–water partition coefficient (Wildman–Crippen LogP) is 3.38. The minimum atomic E-state index is 0. The third-order valence-electron chi connectivity index (χ3n) is 5.74. The van der Waals surface area contributed by atoms with Crippen LogP contribution in [0.4, 0.5) is 0 Å². The number of carbonyl (C=O) groups excluding carboxylic acids is 1. The molecule has 1 heterocycles. The van der Waals surface area contributed by atoms with E-state index in [4.69, 9.17) is 0 Å². The Hall–Kier alpha value is -2.13. The van der Waals surface area contributed by atoms with Crippen molar-refractivity contribution in [3.63, 3.8) is 0 Å². The first-order chi connectivity index (χ1) is 15.1. The van der Waals surface area contributed by atoms with Gasteiger partial charge in [0, 0.05) is 52.4 Å². The zero-order chi connectivity index (χ0) is 22.1. The Morgan fingerprint density at radius 2 is 1.84 bits per heavy atom. The van der Waals surface area contributed by atoms with Crippen LogP contribution in [-0.4, -0.2) is 68.5 Å². The van der Waals surface area contributed by atoms with Crippen molar-refractivity contribution in [1.29, 1.82) is 0 Å². The number of hydrogen-bond donors (Lipinski definition) is 2. The SMILES string of the molecule is CN=C(NCCc1cccc(C(=O)N(C)C)c1)NCC1CCCN1Cc1ccccc1.I. The van der Waals surface area contributed by atoms with Gasteiger partial charge >= 0.3 is 0 Å². The van der Waals surface area contributed by atoms with Gasteiger partial charge in [-0.2, -0.15) is 0 Å². The first-order valence-electron chi connectivity index (χ1n) is 11.1. The van der Waals surface area contributed by atoms with Gasteiger partial charge in [-0.25, -0.2) is 0 Å². The summed E-state index contributed by atoms with van der Waals surface area (Å²) in [7, 11) is 5.36. The Morgan fingerprint density at radius 1 is 1.09 bits per heavy atom. The van der Waals surface area contributed by atoms with E-state index in [1.807, 2.05) is 25.2 Å². The molecule has 1 atom stereocenters. The number of likely N-dealkylation sites (tertiary alicyclic amines) is 1. The molecule has 0 saturated carbocycles. The minimum Gasteiger partial charge on any atom is -0.356 e. The first-order valence-corrected chi connectivity index (χ1v) is 11.1. The number of carbonyl (C=O) groups is 1. The lowest BCUT2D eigenvalue weighted by molar-refractivity contribution is 0.0827. The highest BCUT2D eigenvalue weighted by Crippen LogP contribution is 2.19. The summed E-state index contributed by atoms with van der Waals surface area (Å²) in [5.41, 5.74) is 3.23. The van der Waals surface area contributed by atoms with Crippen LogP contribution in [0, 0.1) is 0 Å². The second-order valence-corrected chi connectivity index (χ2v) is 8.28. The summed E-state index contributed by atoms with van der Waals surface area (Å²) in [4.78, 5) is 20.7. The number of nitrogens with one attached hydrogen (secondary N) is 2. The topological polar surface area (TPSA) is 60.0 Å². The molecule has 2 aromatic carbocycles. The van der Waals surface area contributed by atoms with Crippen molar-refractivity contribution in [1.82, 2.24) is 20.4 Å². The van der Waals surface area contributed by atoms with Gasteiger partial charge < -0.3 is 15.5 Å². The maximum absolute atomic E-state index is 12.2. The van der Waals surface area contributed by atoms with Crippen molar-refractivity contribution in [3.05, 3.63) is 71.3 Å². The van der Waals surface area contributed by atoms with Gasteiger partial charge in [0.2, 0.25) is 0 Å². The Labute approximate surface area is 209 Å². The molecule has 7 heteroatoms. The number of rotatable bonds is 8. The number of benzene rings is 2. The van der Waals surface area contributed by atoms with Crippen molar-refractivity contribution >= 4 is 35.8 Å². The molecule has 1 unspecified atom stereocenters. The number of halogens is 1. The van der Waals surface area contributed by atoms with Gasteiger partial charge in [-0.05, 0) is 49.1 Å². The number of aliphatic imine (C=N–C) groups is 1. The standard InChI is InChI=1S/C25H35N5O.HI/c1-26-25(27-15-14-20-11-7-12-22(17-20)24(31)29(2)3)28-18-23-13-8-16-30(23)19-21-9-5-4-6-10-21;/h4-7,9-12,17,23H,8,13-16,18-19H2,1-3H3,(H2,26,27,28);1H. The fourth-order valence-corrected chi connectivity index (χ4v) is 4.03. The molecule has 32 heavy (non-hydrogen) atoms. The van der Waals surface area contributed by atoms with Crippen LogP contribution in [0.1, 0.15) is 34.3 Å². The summed E-state index contributed by atoms with van der Waals surface area (Å²) in [5, 5.41) is 6.90. The van der Waals surface area contributed by atoms with Crippen LogP contribution in [0.5, 0.6) is 0 Å². The first kappa shape index (κ1) is 26.1. The van der Waals surface area contributed by atoms with Crippen LogP contribution >= 0.6 is 24.0 Å². The Bertz CT molecular complexity index is 872. The normalized spacial score (nSPS) is 16.3. The molecule has 0 radical (unpaired) electrons. The smallest absolute Gasteiger partial charge is 0.253 e. The number of nitrogens with zero attached hydrogens (tertiary/aromatic N) is 3. The third-order valence-corrected chi connectivity index (χ3v) is 5.74. The van der Waals surface area contributed by atoms with Crippen LogP contribution in [-0.2, 0) is 13.0 Å². The van der Waals surface area contributed by atoms with Gasteiger partial charge in [-0.15, -0.1) is 24.0 Å². The highest BCUT2D eigenvalue weighted by Gasteiger charge is 2.24. The summed E-state index contributed by atoms with van der Waals surface area (Å²) in [6.45, 7) is 3.80. The lowest BCUT2D eigenvalue weighted by atomic mass is 10.1. The van der Waals surface area contributed by atoms with Crippen LogP contribution in [0.15, 0.2) is 59.6 Å². The summed E-state index contributed by atoms with van der Waals surface area (Å²) in [5.74, 6) is 0.857. The van der Waals surface area contributed by atoms with Crippen molar-refractivity contribution in [3.8, 4) is 0 Å². The van der Waals surface area contributed by atoms with E-state index in [9.17, 15) is 4.79 Å². The predicted molar refractivity (Wildman–Crippen MR) is 143 cm³/mol. The summed E-state index contributed by atoms with van der Waals surface area (Å²) >= 11 is 0. The number of hydrogen-bond acceptors (Lipinski definition) is 3. The average molecular weight is 550 g/mol. The highest BCUT2D eigenvalue weighted by molar-refractivity contribution is 14.0. The van der Waals surface area contributed by atoms with E-state index in [0.29, 0.717) is 6.04 Å². The van der Waals surface area contributed by atoms with E-state index in [0.717, 1.165) is 49.7 Å². The molecule has 174 valence electrons. The van der Waals surface area contributed by atoms with Crippen LogP contribution in [0.3, 0.4) is 0 Å². The lowest BCUT2D eigenvalue weighted by Crippen LogP contribution is -2.45. The monoisotopic (exact) mass is 549 g/mol. The molecule has 1 aliphatic heterocycles. The van der Waals surface area contributed by atoms with Crippen molar-refractivity contribution in [2.45, 2.75) is 31.8 Å². The van der Waals surface area contributed by atoms with Crippen molar-refractivity contribution in [2.24, 2.45) is 4.99 Å². The largest absolute Gasteiger partial charge is 0.356 e. The molecule has 0 aliphatic carbocycles. The molecule has 2 aromatic rings. The molecular weight excluding hydrogens is 513 g/mol. The maximum atomic E-state index is 12.2. The second kappa shape index (κ2) is 13.4. The number of guanidine groups is 1. The molecule has 1 saturated heterocycles. The molecule has 0 bridgehead atoms. The van der Waals surface area contributed by atoms with Crippen LogP contribution in [0.2, 0.25) is 0 Å². The Balaban J connectivity index is 0.00000363. The van der Waals surface area contributed by atoms with Crippen molar-refractivity contribution < 1.29 is 4.79 Å². The lowest BCUT2D eigenvalue weighted by Gasteiger charge is -2.25. The number of amides is 1. The summed E-state index contributed by atoms with van der Waals surface area (Å²) in [6.07, 6.45) is 3.29. The molecule has 1 aliphatic rings. The maximum Gasteiger partial charge on any atom is 0.253 e. The molecule has 3 rings (SSSR count). The van der Waals surface area contributed by atoms with Gasteiger partial charge in [-0.1, -0.05) is 42.5 Å². The Morgan fingerprint density at radius 3 is 2.56 bits per heavy atom. The molecule has 1 amide bonds. The molecule has 2 N–H and O–H groups in total. The van der Waals surface area contributed by atoms with E-state index in [1.54, 1.807) is 19.0 Å². The van der Waals surface area contributed by atoms with Gasteiger partial charge in [0.1, 0.15) is 0 Å².